The molecule has 2 aromatic rings. The number of pyridine rings is 1. The zero-order valence-corrected chi connectivity index (χ0v) is 10.7. The van der Waals surface area contributed by atoms with Gasteiger partial charge in [0.2, 0.25) is 0 Å². The lowest BCUT2D eigenvalue weighted by Crippen LogP contribution is -2.10. The molecule has 2 rings (SSSR count). The van der Waals surface area contributed by atoms with Crippen molar-refractivity contribution in [3.63, 3.8) is 0 Å². The molecule has 0 aliphatic rings. The Kier molecular flexibility index (Phi) is 3.97. The third-order valence-electron chi connectivity index (χ3n) is 2.36. The highest BCUT2D eigenvalue weighted by Crippen LogP contribution is 2.25. The Labute approximate surface area is 117 Å². The van der Waals surface area contributed by atoms with Crippen LogP contribution in [0.5, 0.6) is 0 Å². The lowest BCUT2D eigenvalue weighted by atomic mass is 10.3. The Hall–Kier alpha value is -2.45. The summed E-state index contributed by atoms with van der Waals surface area (Å²) < 4.78 is 13.0. The van der Waals surface area contributed by atoms with Gasteiger partial charge in [-0.2, -0.15) is 0 Å². The van der Waals surface area contributed by atoms with E-state index in [-0.39, 0.29) is 22.3 Å². The van der Waals surface area contributed by atoms with Crippen LogP contribution < -0.4 is 16.6 Å². The molecule has 20 heavy (non-hydrogen) atoms. The second-order valence-corrected chi connectivity index (χ2v) is 4.16. The molecule has 104 valence electrons. The Bertz CT molecular complexity index is 667. The lowest BCUT2D eigenvalue weighted by molar-refractivity contribution is -0.384. The number of hydrogen-bond donors (Lipinski definition) is 3. The number of rotatable bonds is 4. The number of benzene rings is 1. The van der Waals surface area contributed by atoms with Crippen molar-refractivity contribution in [3.8, 4) is 0 Å². The van der Waals surface area contributed by atoms with Gasteiger partial charge in [0, 0.05) is 5.69 Å². The maximum absolute atomic E-state index is 13.0. The number of anilines is 3. The topological polar surface area (TPSA) is 106 Å². The quantitative estimate of drug-likeness (QED) is 0.455. The standard InChI is InChI=1S/C11H9ClFN5O2/c12-8-3-6(1-2-9(8)13)15-10-4-7(18(19)20)5-11(16-10)17-14/h1-5H,14H2,(H2,15,16,17). The van der Waals surface area contributed by atoms with Crippen molar-refractivity contribution in [3.05, 3.63) is 51.3 Å². The fourth-order valence-electron chi connectivity index (χ4n) is 1.48. The predicted molar refractivity (Wildman–Crippen MR) is 73.4 cm³/mol. The number of halogens is 2. The predicted octanol–water partition coefficient (Wildman–Crippen LogP) is 2.81. The van der Waals surface area contributed by atoms with Gasteiger partial charge < -0.3 is 10.7 Å². The first-order chi connectivity index (χ1) is 9.49. The second kappa shape index (κ2) is 5.68. The molecular formula is C11H9ClFN5O2. The third kappa shape index (κ3) is 3.11. The van der Waals surface area contributed by atoms with E-state index in [4.69, 9.17) is 17.4 Å². The van der Waals surface area contributed by atoms with Crippen LogP contribution in [0.4, 0.5) is 27.4 Å². The monoisotopic (exact) mass is 297 g/mol. The molecule has 4 N–H and O–H groups in total. The molecule has 0 amide bonds. The second-order valence-electron chi connectivity index (χ2n) is 3.75. The van der Waals surface area contributed by atoms with E-state index in [2.05, 4.69) is 15.7 Å². The highest BCUT2D eigenvalue weighted by molar-refractivity contribution is 6.31. The highest BCUT2D eigenvalue weighted by atomic mass is 35.5. The number of nitro groups is 1. The maximum atomic E-state index is 13.0. The van der Waals surface area contributed by atoms with Gasteiger partial charge in [-0.15, -0.1) is 0 Å². The van der Waals surface area contributed by atoms with Crippen LogP contribution in [-0.4, -0.2) is 9.91 Å². The first-order valence-electron chi connectivity index (χ1n) is 5.35. The average Bonchev–Trinajstić information content (AvgIpc) is 2.42. The molecule has 1 aromatic carbocycles. The van der Waals surface area contributed by atoms with Crippen LogP contribution in [0.1, 0.15) is 0 Å². The van der Waals surface area contributed by atoms with Crippen molar-refractivity contribution in [2.24, 2.45) is 5.84 Å². The molecule has 7 nitrogen and oxygen atoms in total. The molecule has 0 spiro atoms. The van der Waals surface area contributed by atoms with E-state index in [0.29, 0.717) is 5.69 Å². The SMILES string of the molecule is NNc1cc([N+](=O)[O-])cc(Nc2ccc(F)c(Cl)c2)n1. The summed E-state index contributed by atoms with van der Waals surface area (Å²) >= 11 is 5.64. The minimum absolute atomic E-state index is 0.0717. The van der Waals surface area contributed by atoms with Crippen molar-refractivity contribution < 1.29 is 9.31 Å². The number of hydrogen-bond acceptors (Lipinski definition) is 6. The number of nitrogens with one attached hydrogen (secondary N) is 2. The molecule has 0 radical (unpaired) electrons. The number of nitrogens with zero attached hydrogens (tertiary/aromatic N) is 2. The van der Waals surface area contributed by atoms with E-state index in [1.54, 1.807) is 0 Å². The third-order valence-corrected chi connectivity index (χ3v) is 2.65. The minimum atomic E-state index is -0.578. The van der Waals surface area contributed by atoms with Crippen LogP contribution in [0.25, 0.3) is 0 Å². The molecule has 1 aromatic heterocycles. The summed E-state index contributed by atoms with van der Waals surface area (Å²) in [7, 11) is 0. The summed E-state index contributed by atoms with van der Waals surface area (Å²) in [5, 5.41) is 13.5. The normalized spacial score (nSPS) is 10.2. The van der Waals surface area contributed by atoms with E-state index in [9.17, 15) is 14.5 Å². The van der Waals surface area contributed by atoms with Crippen LogP contribution in [0, 0.1) is 15.9 Å². The smallest absolute Gasteiger partial charge is 0.276 e. The Morgan fingerprint density at radius 3 is 2.60 bits per heavy atom. The van der Waals surface area contributed by atoms with Crippen molar-refractivity contribution >= 4 is 34.6 Å². The molecule has 0 aliphatic heterocycles. The molecule has 0 bridgehead atoms. The highest BCUT2D eigenvalue weighted by Gasteiger charge is 2.11. The van der Waals surface area contributed by atoms with Gasteiger partial charge in [-0.3, -0.25) is 10.1 Å². The van der Waals surface area contributed by atoms with Gasteiger partial charge in [-0.1, -0.05) is 11.6 Å². The van der Waals surface area contributed by atoms with E-state index < -0.39 is 10.7 Å². The minimum Gasteiger partial charge on any atom is -0.340 e. The summed E-state index contributed by atoms with van der Waals surface area (Å²) in [6, 6.07) is 6.34. The molecule has 0 saturated carbocycles. The van der Waals surface area contributed by atoms with Crippen LogP contribution in [-0.2, 0) is 0 Å². The Morgan fingerprint density at radius 2 is 2.00 bits per heavy atom. The molecule has 0 unspecified atom stereocenters. The summed E-state index contributed by atoms with van der Waals surface area (Å²) in [6.45, 7) is 0. The van der Waals surface area contributed by atoms with Gasteiger partial charge in [0.1, 0.15) is 17.5 Å². The molecule has 0 atom stereocenters. The number of hydrazine groups is 1. The maximum Gasteiger partial charge on any atom is 0.276 e. The first kappa shape index (κ1) is 14.0. The van der Waals surface area contributed by atoms with Gasteiger partial charge in [0.25, 0.3) is 5.69 Å². The van der Waals surface area contributed by atoms with Crippen LogP contribution >= 0.6 is 11.6 Å². The lowest BCUT2D eigenvalue weighted by Gasteiger charge is -2.08. The summed E-state index contributed by atoms with van der Waals surface area (Å²) in [6.07, 6.45) is 0. The van der Waals surface area contributed by atoms with E-state index >= 15 is 0 Å². The van der Waals surface area contributed by atoms with Crippen molar-refractivity contribution in [2.45, 2.75) is 0 Å². The fraction of sp³-hybridized carbons (Fsp3) is 0. The summed E-state index contributed by atoms with van der Waals surface area (Å²) in [4.78, 5) is 14.2. The van der Waals surface area contributed by atoms with E-state index in [1.807, 2.05) is 0 Å². The zero-order valence-electron chi connectivity index (χ0n) is 9.93. The van der Waals surface area contributed by atoms with E-state index in [0.717, 1.165) is 0 Å². The Balaban J connectivity index is 2.34. The molecule has 0 fully saturated rings. The molecule has 0 aliphatic carbocycles. The number of aromatic nitrogens is 1. The summed E-state index contributed by atoms with van der Waals surface area (Å²) in [5.74, 6) is 4.93. The average molecular weight is 298 g/mol. The van der Waals surface area contributed by atoms with Crippen LogP contribution in [0.3, 0.4) is 0 Å². The zero-order chi connectivity index (χ0) is 14.7. The van der Waals surface area contributed by atoms with Crippen molar-refractivity contribution in [2.75, 3.05) is 10.7 Å². The van der Waals surface area contributed by atoms with Gasteiger partial charge in [0.05, 0.1) is 22.1 Å². The van der Waals surface area contributed by atoms with Crippen LogP contribution in [0.2, 0.25) is 5.02 Å². The fourth-order valence-corrected chi connectivity index (χ4v) is 1.66. The van der Waals surface area contributed by atoms with Gasteiger partial charge >= 0.3 is 0 Å². The van der Waals surface area contributed by atoms with Gasteiger partial charge in [-0.05, 0) is 18.2 Å². The van der Waals surface area contributed by atoms with Gasteiger partial charge in [0.15, 0.2) is 0 Å². The first-order valence-corrected chi connectivity index (χ1v) is 5.72. The van der Waals surface area contributed by atoms with Crippen molar-refractivity contribution in [1.82, 2.24) is 4.98 Å². The van der Waals surface area contributed by atoms with Gasteiger partial charge in [-0.25, -0.2) is 15.2 Å². The molecule has 9 heteroatoms. The molecule has 1 heterocycles. The summed E-state index contributed by atoms with van der Waals surface area (Å²) in [5.41, 5.74) is 2.47. The number of nitrogen functional groups attached to an aromatic ring is 1. The molecule has 0 saturated heterocycles. The Morgan fingerprint density at radius 1 is 1.30 bits per heavy atom. The van der Waals surface area contributed by atoms with E-state index in [1.165, 1.54) is 30.3 Å². The van der Waals surface area contributed by atoms with Crippen LogP contribution in [0.15, 0.2) is 30.3 Å². The number of nitrogens with two attached hydrogens (primary N) is 1. The molecular weight excluding hydrogens is 289 g/mol. The van der Waals surface area contributed by atoms with Crippen molar-refractivity contribution in [1.29, 1.82) is 0 Å². The largest absolute Gasteiger partial charge is 0.340 e.